The number of fused-ring (bicyclic) bond motifs is 4. The Morgan fingerprint density at radius 3 is 2.87 bits per heavy atom. The number of pyridine rings is 1. The molecule has 2 bridgehead atoms. The first-order chi connectivity index (χ1) is 22.9. The molecule has 10 nitrogen and oxygen atoms in total. The van der Waals surface area contributed by atoms with Crippen LogP contribution in [-0.2, 0) is 4.74 Å². The van der Waals surface area contributed by atoms with Gasteiger partial charge < -0.3 is 25.4 Å². The molecule has 2 aromatic heterocycles. The van der Waals surface area contributed by atoms with Crippen LogP contribution in [0, 0.1) is 28.5 Å². The summed E-state index contributed by atoms with van der Waals surface area (Å²) in [6.45, 7) is 7.35. The molecular weight excluding hydrogens is 622 g/mol. The summed E-state index contributed by atoms with van der Waals surface area (Å²) in [5.41, 5.74) is 6.90. The molecule has 4 fully saturated rings. The van der Waals surface area contributed by atoms with E-state index in [9.17, 15) is 9.65 Å². The molecule has 5 unspecified atom stereocenters. The van der Waals surface area contributed by atoms with Gasteiger partial charge in [0, 0.05) is 68.4 Å². The number of halogens is 2. The molecule has 2 aliphatic carbocycles. The Balaban J connectivity index is 1.14. The van der Waals surface area contributed by atoms with Crippen LogP contribution in [0.1, 0.15) is 51.1 Å². The smallest absolute Gasteiger partial charge is 0.319 e. The van der Waals surface area contributed by atoms with Crippen molar-refractivity contribution >= 4 is 34.1 Å². The highest BCUT2D eigenvalue weighted by atomic mass is 32.2. The number of nitrogens with two attached hydrogens (primary N) is 1. The minimum atomic E-state index is -0.737. The molecule has 2 aromatic rings. The van der Waals surface area contributed by atoms with Crippen molar-refractivity contribution in [2.24, 2.45) is 17.1 Å². The molecule has 8 rings (SSSR count). The average Bonchev–Trinajstić information content (AvgIpc) is 3.67. The van der Waals surface area contributed by atoms with Crippen molar-refractivity contribution in [3.63, 3.8) is 0 Å². The monoisotopic (exact) mass is 662 g/mol. The number of nitriles is 1. The van der Waals surface area contributed by atoms with Crippen LogP contribution in [-0.4, -0.2) is 89.2 Å². The molecule has 6 aliphatic rings. The summed E-state index contributed by atoms with van der Waals surface area (Å²) in [6.07, 6.45) is 11.0. The van der Waals surface area contributed by atoms with Gasteiger partial charge >= 0.3 is 6.01 Å². The maximum Gasteiger partial charge on any atom is 0.319 e. The zero-order valence-corrected chi connectivity index (χ0v) is 27.4. The van der Waals surface area contributed by atoms with Crippen LogP contribution >= 0.6 is 11.8 Å². The maximum absolute atomic E-state index is 16.8. The molecule has 6 heterocycles. The second-order valence-corrected chi connectivity index (χ2v) is 15.0. The summed E-state index contributed by atoms with van der Waals surface area (Å²) in [4.78, 5) is 18.9. The second kappa shape index (κ2) is 12.3. The number of nitrogens with zero attached hydrogens (tertiary/aromatic N) is 6. The number of hydrogen-bond acceptors (Lipinski definition) is 11. The molecule has 3 saturated heterocycles. The lowest BCUT2D eigenvalue weighted by atomic mass is 9.83. The summed E-state index contributed by atoms with van der Waals surface area (Å²) in [5.74, 6) is -1.19. The zero-order chi connectivity index (χ0) is 32.3. The lowest BCUT2D eigenvalue weighted by molar-refractivity contribution is 0.0882. The van der Waals surface area contributed by atoms with Gasteiger partial charge in [-0.3, -0.25) is 9.88 Å². The van der Waals surface area contributed by atoms with Gasteiger partial charge in [0.25, 0.3) is 0 Å². The fourth-order valence-corrected chi connectivity index (χ4v) is 9.16. The highest BCUT2D eigenvalue weighted by Crippen LogP contribution is 2.52. The Morgan fingerprint density at radius 1 is 1.21 bits per heavy atom. The highest BCUT2D eigenvalue weighted by Gasteiger charge is 2.49. The van der Waals surface area contributed by atoms with Crippen molar-refractivity contribution in [1.29, 1.82) is 5.26 Å². The van der Waals surface area contributed by atoms with Crippen molar-refractivity contribution < 1.29 is 18.3 Å². The fraction of sp³-hybridized carbons (Fsp3) is 0.588. The van der Waals surface area contributed by atoms with E-state index in [2.05, 4.69) is 38.1 Å². The van der Waals surface area contributed by atoms with Crippen molar-refractivity contribution in [2.45, 2.75) is 68.8 Å². The molecule has 4 aliphatic heterocycles. The van der Waals surface area contributed by atoms with Gasteiger partial charge in [0.15, 0.2) is 5.82 Å². The first kappa shape index (κ1) is 31.0. The van der Waals surface area contributed by atoms with E-state index in [-0.39, 0.29) is 39.3 Å². The van der Waals surface area contributed by atoms with Crippen LogP contribution < -0.4 is 20.7 Å². The van der Waals surface area contributed by atoms with Gasteiger partial charge in [-0.15, -0.1) is 0 Å². The van der Waals surface area contributed by atoms with Gasteiger partial charge in [0.05, 0.1) is 40.5 Å². The van der Waals surface area contributed by atoms with Crippen molar-refractivity contribution in [3.8, 4) is 12.1 Å². The Hall–Kier alpha value is -3.31. The van der Waals surface area contributed by atoms with Crippen molar-refractivity contribution in [2.75, 3.05) is 50.9 Å². The van der Waals surface area contributed by atoms with Crippen LogP contribution in [0.3, 0.4) is 0 Å². The maximum atomic E-state index is 16.8. The number of piperazine rings is 1. The number of ether oxygens (including phenoxy) is 2. The van der Waals surface area contributed by atoms with Gasteiger partial charge in [-0.05, 0) is 50.2 Å². The first-order valence-corrected chi connectivity index (χ1v) is 17.7. The normalized spacial score (nSPS) is 30.1. The van der Waals surface area contributed by atoms with Gasteiger partial charge in [-0.2, -0.15) is 15.2 Å². The summed E-state index contributed by atoms with van der Waals surface area (Å²) >= 11 is 1.09. The van der Waals surface area contributed by atoms with E-state index in [1.54, 1.807) is 6.20 Å². The number of anilines is 1. The molecule has 13 heteroatoms. The van der Waals surface area contributed by atoms with E-state index < -0.39 is 22.8 Å². The quantitative estimate of drug-likeness (QED) is 0.417. The molecule has 1 saturated carbocycles. The third-order valence-electron chi connectivity index (χ3n) is 10.9. The molecule has 5 atom stereocenters. The standard InChI is InChI=1S/C34H40F2N8O2S/c1-2-19-15-43(11-10-39-19)32-24-14-40-28(22-5-6-25(35)30-26(22)23(13-37)31(38)47-30)27(36)29(24)41-33(42-32)46-18-34(8-9-34)17-44-20-3-4-21(44)16-45-12-7-20/h5-6,14,19-21,26,30,39H,2-4,7-12,15-18,38H2,1H3. The molecule has 0 aromatic carbocycles. The Labute approximate surface area is 277 Å². The fourth-order valence-electron chi connectivity index (χ4n) is 7.98. The van der Waals surface area contributed by atoms with Gasteiger partial charge in [-0.1, -0.05) is 24.8 Å². The Kier molecular flexibility index (Phi) is 8.10. The number of aromatic nitrogens is 3. The van der Waals surface area contributed by atoms with Crippen LogP contribution in [0.5, 0.6) is 6.01 Å². The van der Waals surface area contributed by atoms with E-state index in [1.165, 1.54) is 25.0 Å². The average molecular weight is 663 g/mol. The Morgan fingerprint density at radius 2 is 2.06 bits per heavy atom. The topological polar surface area (TPSA) is 125 Å². The third kappa shape index (κ3) is 5.57. The molecule has 248 valence electrons. The van der Waals surface area contributed by atoms with Crippen LogP contribution in [0.4, 0.5) is 14.6 Å². The minimum absolute atomic E-state index is 0.0202. The number of allylic oxidation sites excluding steroid dienone is 4. The first-order valence-electron chi connectivity index (χ1n) is 16.8. The van der Waals surface area contributed by atoms with Gasteiger partial charge in [0.1, 0.15) is 22.9 Å². The molecule has 3 N–H and O–H groups in total. The lowest BCUT2D eigenvalue weighted by Gasteiger charge is -2.34. The summed E-state index contributed by atoms with van der Waals surface area (Å²) in [5, 5.41) is 13.4. The van der Waals surface area contributed by atoms with E-state index in [0.29, 0.717) is 48.6 Å². The molecule has 0 amide bonds. The largest absolute Gasteiger partial charge is 0.463 e. The van der Waals surface area contributed by atoms with Crippen LogP contribution in [0.25, 0.3) is 16.5 Å². The van der Waals surface area contributed by atoms with Gasteiger partial charge in [0.2, 0.25) is 0 Å². The molecular formula is C34H40F2N8O2S. The molecule has 0 spiro atoms. The molecule has 47 heavy (non-hydrogen) atoms. The van der Waals surface area contributed by atoms with Crippen LogP contribution in [0.2, 0.25) is 0 Å². The number of thioether (sulfide) groups is 1. The van der Waals surface area contributed by atoms with Gasteiger partial charge in [-0.25, -0.2) is 8.78 Å². The highest BCUT2D eigenvalue weighted by molar-refractivity contribution is 8.04. The number of hydrogen-bond donors (Lipinski definition) is 2. The zero-order valence-electron chi connectivity index (χ0n) is 26.6. The second-order valence-electron chi connectivity index (χ2n) is 13.8. The third-order valence-corrected chi connectivity index (χ3v) is 12.1. The summed E-state index contributed by atoms with van der Waals surface area (Å²) < 4.78 is 43.9. The van der Waals surface area contributed by atoms with Crippen LogP contribution in [0.15, 0.2) is 34.8 Å². The number of nitrogens with one attached hydrogen (secondary N) is 1. The van der Waals surface area contributed by atoms with E-state index in [4.69, 9.17) is 20.2 Å². The molecule has 0 radical (unpaired) electrons. The van der Waals surface area contributed by atoms with E-state index in [0.717, 1.165) is 63.7 Å². The number of rotatable bonds is 8. The Bertz CT molecular complexity index is 1710. The van der Waals surface area contributed by atoms with E-state index in [1.807, 2.05) is 0 Å². The van der Waals surface area contributed by atoms with Crippen molar-refractivity contribution in [1.82, 2.24) is 25.2 Å². The van der Waals surface area contributed by atoms with E-state index >= 15 is 4.39 Å². The van der Waals surface area contributed by atoms with Crippen molar-refractivity contribution in [3.05, 3.63) is 46.3 Å². The SMILES string of the molecule is CCC1CN(c2nc(OCC3(CN4C5CCOCC4CC5)CC3)nc3c(F)c(C4=CC=C(F)C5SC(N)=C(C#N)C45)ncc23)CCN1. The minimum Gasteiger partial charge on any atom is -0.463 e. The predicted molar refractivity (Wildman–Crippen MR) is 177 cm³/mol. The summed E-state index contributed by atoms with van der Waals surface area (Å²) in [7, 11) is 0. The predicted octanol–water partition coefficient (Wildman–Crippen LogP) is 4.44. The summed E-state index contributed by atoms with van der Waals surface area (Å²) in [6, 6.07) is 3.55. The lowest BCUT2D eigenvalue weighted by Crippen LogP contribution is -2.50.